The van der Waals surface area contributed by atoms with Crippen LogP contribution >= 0.6 is 0 Å². The third-order valence-corrected chi connectivity index (χ3v) is 2.99. The molecule has 4 N–H and O–H groups in total. The van der Waals surface area contributed by atoms with E-state index in [9.17, 15) is 25.0 Å². The van der Waals surface area contributed by atoms with E-state index >= 15 is 0 Å². The number of aryl methyl sites for hydroxylation is 1. The average molecular weight is 319 g/mol. The smallest absolute Gasteiger partial charge is 0.351 e. The van der Waals surface area contributed by atoms with Gasteiger partial charge >= 0.3 is 5.63 Å². The first-order valence-corrected chi connectivity index (χ1v) is 6.42. The van der Waals surface area contributed by atoms with Crippen molar-refractivity contribution < 1.29 is 29.9 Å². The maximum Gasteiger partial charge on any atom is 0.351 e. The van der Waals surface area contributed by atoms with Crippen LogP contribution in [0, 0.1) is 12.1 Å². The van der Waals surface area contributed by atoms with Crippen LogP contribution in [-0.4, -0.2) is 21.2 Å². The lowest BCUT2D eigenvalue weighted by molar-refractivity contribution is -0.991. The van der Waals surface area contributed by atoms with Gasteiger partial charge in [0.25, 0.3) is 0 Å². The Labute approximate surface area is 129 Å². The fraction of sp³-hybridized carbons (Fsp3) is 0.0667. The van der Waals surface area contributed by atoms with Crippen LogP contribution in [0.1, 0.15) is 21.7 Å². The second-order valence-corrected chi connectivity index (χ2v) is 4.68. The Bertz CT molecular complexity index is 836. The van der Waals surface area contributed by atoms with E-state index in [0.717, 1.165) is 18.2 Å². The SMILES string of the molecule is Cc1cc(O)c(C(=O)C=Cc2cc([NH+]([O-])O)ccc2O)c(=O)o1. The zero-order chi connectivity index (χ0) is 17.1. The van der Waals surface area contributed by atoms with Crippen LogP contribution in [0.2, 0.25) is 0 Å². The molecule has 1 atom stereocenters. The summed E-state index contributed by atoms with van der Waals surface area (Å²) in [6.45, 7) is 1.45. The number of rotatable bonds is 4. The molecule has 0 bridgehead atoms. The number of quaternary nitrogens is 1. The minimum atomic E-state index is -1.19. The van der Waals surface area contributed by atoms with Crippen LogP contribution in [-0.2, 0) is 0 Å². The number of nitrogens with one attached hydrogen (secondary N) is 1. The maximum atomic E-state index is 12.0. The highest BCUT2D eigenvalue weighted by molar-refractivity contribution is 6.08. The predicted octanol–water partition coefficient (Wildman–Crippen LogP) is 0.659. The standard InChI is InChI=1S/C15H13NO7/c1-8-6-13(19)14(15(20)23-8)12(18)4-2-9-7-10(16(21)22)3-5-11(9)17/h2-7,16-17,19,21H,1H3. The van der Waals surface area contributed by atoms with Gasteiger partial charge in [0.2, 0.25) is 0 Å². The minimum absolute atomic E-state index is 0.0763. The molecule has 120 valence electrons. The van der Waals surface area contributed by atoms with Crippen LogP contribution in [0.15, 0.2) is 39.6 Å². The molecule has 2 aromatic rings. The van der Waals surface area contributed by atoms with E-state index in [-0.39, 0.29) is 22.8 Å². The number of phenolic OH excluding ortho intramolecular Hbond substituents is 1. The Hall–Kier alpha value is -2.94. The Morgan fingerprint density at radius 1 is 1.26 bits per heavy atom. The van der Waals surface area contributed by atoms with E-state index in [0.29, 0.717) is 0 Å². The van der Waals surface area contributed by atoms with Gasteiger partial charge in [0.05, 0.1) is 0 Å². The molecule has 0 saturated heterocycles. The van der Waals surface area contributed by atoms with Crippen molar-refractivity contribution in [2.75, 3.05) is 0 Å². The second-order valence-electron chi connectivity index (χ2n) is 4.68. The lowest BCUT2D eigenvalue weighted by Gasteiger charge is -2.12. The van der Waals surface area contributed by atoms with Crippen LogP contribution in [0.5, 0.6) is 11.5 Å². The first kappa shape index (κ1) is 16.4. The van der Waals surface area contributed by atoms with Gasteiger partial charge in [-0.3, -0.25) is 4.79 Å². The molecule has 8 heteroatoms. The molecular weight excluding hydrogens is 306 g/mol. The van der Waals surface area contributed by atoms with Gasteiger partial charge in [0, 0.05) is 23.8 Å². The monoisotopic (exact) mass is 319 g/mol. The third kappa shape index (κ3) is 3.64. The molecule has 1 aromatic carbocycles. The predicted molar refractivity (Wildman–Crippen MR) is 78.6 cm³/mol. The van der Waals surface area contributed by atoms with Crippen molar-refractivity contribution >= 4 is 17.5 Å². The number of phenols is 1. The molecule has 1 unspecified atom stereocenters. The summed E-state index contributed by atoms with van der Waals surface area (Å²) in [6.07, 6.45) is 2.07. The summed E-state index contributed by atoms with van der Waals surface area (Å²) in [5, 5.41) is 37.9. The molecule has 0 aliphatic heterocycles. The quantitative estimate of drug-likeness (QED) is 0.281. The van der Waals surface area contributed by atoms with Gasteiger partial charge in [0.15, 0.2) is 11.5 Å². The van der Waals surface area contributed by atoms with E-state index < -0.39 is 27.9 Å². The number of ketones is 1. The van der Waals surface area contributed by atoms with Gasteiger partial charge < -0.3 is 19.8 Å². The Kier molecular flexibility index (Phi) is 4.60. The molecule has 0 saturated carbocycles. The van der Waals surface area contributed by atoms with Gasteiger partial charge in [-0.05, 0) is 25.1 Å². The van der Waals surface area contributed by atoms with Crippen LogP contribution in [0.25, 0.3) is 6.08 Å². The molecule has 1 aromatic heterocycles. The van der Waals surface area contributed by atoms with E-state index in [1.807, 2.05) is 0 Å². The highest BCUT2D eigenvalue weighted by Gasteiger charge is 2.16. The largest absolute Gasteiger partial charge is 0.595 e. The molecule has 1 heterocycles. The number of carbonyl (C=O) groups excluding carboxylic acids is 1. The number of allylic oxidation sites excluding steroid dienone is 1. The van der Waals surface area contributed by atoms with Gasteiger partial charge in [0.1, 0.15) is 22.8 Å². The van der Waals surface area contributed by atoms with Crippen molar-refractivity contribution in [3.8, 4) is 11.5 Å². The summed E-state index contributed by atoms with van der Waals surface area (Å²) in [5.74, 6) is -1.44. The van der Waals surface area contributed by atoms with Crippen molar-refractivity contribution in [3.05, 3.63) is 62.9 Å². The summed E-state index contributed by atoms with van der Waals surface area (Å²) < 4.78 is 4.74. The van der Waals surface area contributed by atoms with Gasteiger partial charge in [-0.1, -0.05) is 0 Å². The first-order valence-electron chi connectivity index (χ1n) is 6.42. The molecule has 0 aliphatic carbocycles. The van der Waals surface area contributed by atoms with Gasteiger partial charge in [-0.25, -0.2) is 10.0 Å². The lowest BCUT2D eigenvalue weighted by Crippen LogP contribution is -2.99. The molecule has 2 rings (SSSR count). The summed E-state index contributed by atoms with van der Waals surface area (Å²) in [7, 11) is 0. The molecule has 8 nitrogen and oxygen atoms in total. The zero-order valence-electron chi connectivity index (χ0n) is 11.9. The zero-order valence-corrected chi connectivity index (χ0v) is 11.9. The number of hydrogen-bond acceptors (Lipinski definition) is 7. The van der Waals surface area contributed by atoms with E-state index in [1.54, 1.807) is 0 Å². The van der Waals surface area contributed by atoms with Gasteiger partial charge in [-0.15, -0.1) is 0 Å². The molecule has 0 amide bonds. The summed E-state index contributed by atoms with van der Waals surface area (Å²) in [4.78, 5) is 23.6. The van der Waals surface area contributed by atoms with Crippen LogP contribution < -0.4 is 10.9 Å². The fourth-order valence-electron chi connectivity index (χ4n) is 1.89. The van der Waals surface area contributed by atoms with Crippen molar-refractivity contribution in [3.63, 3.8) is 0 Å². The molecular formula is C15H13NO7. The summed E-state index contributed by atoms with van der Waals surface area (Å²) in [5.41, 5.74) is -1.52. The molecule has 0 spiro atoms. The molecule has 0 fully saturated rings. The van der Waals surface area contributed by atoms with Crippen molar-refractivity contribution in [2.24, 2.45) is 0 Å². The van der Waals surface area contributed by atoms with Crippen LogP contribution in [0.3, 0.4) is 0 Å². The molecule has 0 radical (unpaired) electrons. The number of benzene rings is 1. The maximum absolute atomic E-state index is 12.0. The number of carbonyl (C=O) groups is 1. The Morgan fingerprint density at radius 3 is 2.57 bits per heavy atom. The van der Waals surface area contributed by atoms with E-state index in [1.165, 1.54) is 25.1 Å². The Morgan fingerprint density at radius 2 is 1.96 bits per heavy atom. The number of aromatic hydroxyl groups is 2. The number of hydrogen-bond donors (Lipinski definition) is 4. The van der Waals surface area contributed by atoms with Crippen molar-refractivity contribution in [1.82, 2.24) is 0 Å². The minimum Gasteiger partial charge on any atom is -0.595 e. The third-order valence-electron chi connectivity index (χ3n) is 2.99. The summed E-state index contributed by atoms with van der Waals surface area (Å²) in [6, 6.07) is 4.67. The Balaban J connectivity index is 2.36. The van der Waals surface area contributed by atoms with E-state index in [2.05, 4.69) is 0 Å². The first-order chi connectivity index (χ1) is 10.8. The fourth-order valence-corrected chi connectivity index (χ4v) is 1.89. The normalized spacial score (nSPS) is 12.5. The molecule has 0 aliphatic rings. The second kappa shape index (κ2) is 6.44. The van der Waals surface area contributed by atoms with Crippen molar-refractivity contribution in [1.29, 1.82) is 0 Å². The van der Waals surface area contributed by atoms with Crippen LogP contribution in [0.4, 0.5) is 5.69 Å². The topological polar surface area (TPSA) is 135 Å². The summed E-state index contributed by atoms with van der Waals surface area (Å²) >= 11 is 0. The molecule has 23 heavy (non-hydrogen) atoms. The van der Waals surface area contributed by atoms with E-state index in [4.69, 9.17) is 9.62 Å². The highest BCUT2D eigenvalue weighted by atomic mass is 16.8. The van der Waals surface area contributed by atoms with Gasteiger partial charge in [-0.2, -0.15) is 5.23 Å². The highest BCUT2D eigenvalue weighted by Crippen LogP contribution is 2.22. The average Bonchev–Trinajstić information content (AvgIpc) is 2.45. The lowest BCUT2D eigenvalue weighted by atomic mass is 10.1. The van der Waals surface area contributed by atoms with Crippen molar-refractivity contribution in [2.45, 2.75) is 6.92 Å².